The largest absolute Gasteiger partial charge is 0.0654 e. The Hall–Kier alpha value is 0. The number of rotatable bonds is 18. The van der Waals surface area contributed by atoms with Gasteiger partial charge in [0.2, 0.25) is 0 Å². The van der Waals surface area contributed by atoms with Gasteiger partial charge in [0, 0.05) is 0 Å². The minimum Gasteiger partial charge on any atom is -0.0654 e. The van der Waals surface area contributed by atoms with Gasteiger partial charge in [-0.2, -0.15) is 0 Å². The van der Waals surface area contributed by atoms with E-state index in [1.165, 1.54) is 89.9 Å². The maximum atomic E-state index is 2.49. The van der Waals surface area contributed by atoms with Gasteiger partial charge < -0.3 is 0 Å². The zero-order valence-electron chi connectivity index (χ0n) is 19.8. The molecule has 0 radical (unpaired) electrons. The summed E-state index contributed by atoms with van der Waals surface area (Å²) < 4.78 is 0. The van der Waals surface area contributed by atoms with Gasteiger partial charge in [0.25, 0.3) is 0 Å². The Morgan fingerprint density at radius 3 is 1.04 bits per heavy atom. The fourth-order valence-corrected chi connectivity index (χ4v) is 4.29. The molecule has 158 valence electrons. The summed E-state index contributed by atoms with van der Waals surface area (Å²) in [6.07, 6.45) is 20.1. The smallest absolute Gasteiger partial charge is 0.0443 e. The summed E-state index contributed by atoms with van der Waals surface area (Å²) in [4.78, 5) is 0. The monoisotopic (exact) mass is 366 g/mol. The molecule has 0 heterocycles. The van der Waals surface area contributed by atoms with Gasteiger partial charge in [-0.15, -0.1) is 0 Å². The van der Waals surface area contributed by atoms with Crippen molar-refractivity contribution in [2.75, 3.05) is 0 Å². The van der Waals surface area contributed by atoms with Crippen molar-refractivity contribution < 1.29 is 0 Å². The van der Waals surface area contributed by atoms with E-state index < -0.39 is 0 Å². The molecule has 5 unspecified atom stereocenters. The van der Waals surface area contributed by atoms with Crippen molar-refractivity contribution in [3.8, 4) is 0 Å². The van der Waals surface area contributed by atoms with Crippen LogP contribution in [-0.4, -0.2) is 0 Å². The molecule has 0 N–H and O–H groups in total. The Kier molecular flexibility index (Phi) is 17.1. The summed E-state index contributed by atoms with van der Waals surface area (Å²) in [6.45, 7) is 16.9. The second-order valence-electron chi connectivity index (χ2n) is 10.1. The van der Waals surface area contributed by atoms with Crippen LogP contribution in [0.15, 0.2) is 0 Å². The third-order valence-electron chi connectivity index (χ3n) is 6.81. The molecule has 0 spiro atoms. The molecule has 0 fully saturated rings. The summed E-state index contributed by atoms with van der Waals surface area (Å²) in [5, 5.41) is 0. The molecule has 0 bridgehead atoms. The Morgan fingerprint density at radius 1 is 0.385 bits per heavy atom. The lowest BCUT2D eigenvalue weighted by molar-refractivity contribution is 0.357. The molecular formula is C26H54. The van der Waals surface area contributed by atoms with Crippen LogP contribution in [0, 0.1) is 29.6 Å². The highest BCUT2D eigenvalue weighted by molar-refractivity contribution is 4.62. The molecule has 0 rings (SSSR count). The lowest BCUT2D eigenvalue weighted by Crippen LogP contribution is -2.03. The van der Waals surface area contributed by atoms with Crippen LogP contribution in [-0.2, 0) is 0 Å². The zero-order valence-corrected chi connectivity index (χ0v) is 19.8. The third-order valence-corrected chi connectivity index (χ3v) is 6.81. The normalized spacial score (nSPS) is 17.7. The molecule has 0 amide bonds. The van der Waals surface area contributed by atoms with Crippen molar-refractivity contribution in [2.24, 2.45) is 29.6 Å². The van der Waals surface area contributed by atoms with E-state index in [1.54, 1.807) is 0 Å². The molecule has 0 nitrogen and oxygen atoms in total. The van der Waals surface area contributed by atoms with Gasteiger partial charge in [0.15, 0.2) is 0 Å². The van der Waals surface area contributed by atoms with Crippen LogP contribution in [0.4, 0.5) is 0 Å². The topological polar surface area (TPSA) is 0 Å². The minimum atomic E-state index is 0.930. The summed E-state index contributed by atoms with van der Waals surface area (Å²) >= 11 is 0. The second kappa shape index (κ2) is 17.1. The fourth-order valence-electron chi connectivity index (χ4n) is 4.29. The molecular weight excluding hydrogens is 312 g/mol. The van der Waals surface area contributed by atoms with Gasteiger partial charge in [-0.3, -0.25) is 0 Å². The Bertz CT molecular complexity index is 282. The molecule has 0 aliphatic heterocycles. The van der Waals surface area contributed by atoms with Crippen LogP contribution in [0.3, 0.4) is 0 Å². The fraction of sp³-hybridized carbons (Fsp3) is 1.00. The van der Waals surface area contributed by atoms with Gasteiger partial charge in [0.05, 0.1) is 0 Å². The molecule has 0 aliphatic rings. The van der Waals surface area contributed by atoms with Gasteiger partial charge >= 0.3 is 0 Å². The van der Waals surface area contributed by atoms with Crippen molar-refractivity contribution in [3.63, 3.8) is 0 Å². The van der Waals surface area contributed by atoms with Crippen molar-refractivity contribution in [3.05, 3.63) is 0 Å². The summed E-state index contributed by atoms with van der Waals surface area (Å²) in [5.74, 6) is 4.69. The van der Waals surface area contributed by atoms with Gasteiger partial charge in [0.1, 0.15) is 0 Å². The molecule has 0 aromatic rings. The average Bonchev–Trinajstić information content (AvgIpc) is 2.60. The SMILES string of the molecule is CCCC(C)CCC(C)CCCC(C)CCCC(C)CCCC(C)CC. The van der Waals surface area contributed by atoms with Crippen LogP contribution >= 0.6 is 0 Å². The maximum absolute atomic E-state index is 2.49. The Morgan fingerprint density at radius 2 is 0.692 bits per heavy atom. The molecule has 0 aliphatic carbocycles. The van der Waals surface area contributed by atoms with Gasteiger partial charge in [-0.1, -0.05) is 138 Å². The van der Waals surface area contributed by atoms with Crippen molar-refractivity contribution in [1.82, 2.24) is 0 Å². The lowest BCUT2D eigenvalue weighted by Gasteiger charge is -2.17. The lowest BCUT2D eigenvalue weighted by atomic mass is 9.89. The van der Waals surface area contributed by atoms with Crippen LogP contribution in [0.1, 0.15) is 138 Å². The number of hydrogen-bond donors (Lipinski definition) is 0. The first-order valence-electron chi connectivity index (χ1n) is 12.4. The first kappa shape index (κ1) is 26.0. The highest BCUT2D eigenvalue weighted by Gasteiger charge is 2.09. The highest BCUT2D eigenvalue weighted by Crippen LogP contribution is 2.24. The quantitative estimate of drug-likeness (QED) is 0.226. The predicted octanol–water partition coefficient (Wildman–Crippen LogP) is 9.67. The summed E-state index contributed by atoms with van der Waals surface area (Å²) in [6, 6.07) is 0. The Labute approximate surface area is 168 Å². The standard InChI is InChI=1S/C26H54/c1-8-13-23(4)20-21-26(7)19-12-18-25(6)17-11-16-24(5)15-10-14-22(3)9-2/h22-26H,8-21H2,1-7H3. The van der Waals surface area contributed by atoms with Crippen LogP contribution in [0.25, 0.3) is 0 Å². The summed E-state index contributed by atoms with van der Waals surface area (Å²) in [7, 11) is 0. The van der Waals surface area contributed by atoms with Crippen LogP contribution in [0.2, 0.25) is 0 Å². The molecule has 0 heteroatoms. The van der Waals surface area contributed by atoms with Gasteiger partial charge in [-0.25, -0.2) is 0 Å². The van der Waals surface area contributed by atoms with Crippen LogP contribution < -0.4 is 0 Å². The molecule has 26 heavy (non-hydrogen) atoms. The van der Waals surface area contributed by atoms with E-state index in [9.17, 15) is 0 Å². The van der Waals surface area contributed by atoms with E-state index >= 15 is 0 Å². The first-order chi connectivity index (χ1) is 12.4. The van der Waals surface area contributed by atoms with Crippen molar-refractivity contribution in [2.45, 2.75) is 138 Å². The molecule has 0 saturated heterocycles. The Balaban J connectivity index is 3.57. The zero-order chi connectivity index (χ0) is 19.8. The van der Waals surface area contributed by atoms with E-state index in [0.717, 1.165) is 29.6 Å². The minimum absolute atomic E-state index is 0.930. The molecule has 5 atom stereocenters. The summed E-state index contributed by atoms with van der Waals surface area (Å²) in [5.41, 5.74) is 0. The van der Waals surface area contributed by atoms with E-state index in [2.05, 4.69) is 48.5 Å². The molecule has 0 aromatic carbocycles. The molecule has 0 aromatic heterocycles. The van der Waals surface area contributed by atoms with E-state index in [4.69, 9.17) is 0 Å². The van der Waals surface area contributed by atoms with Crippen LogP contribution in [0.5, 0.6) is 0 Å². The molecule has 0 saturated carbocycles. The van der Waals surface area contributed by atoms with E-state index in [0.29, 0.717) is 0 Å². The average molecular weight is 367 g/mol. The third kappa shape index (κ3) is 16.2. The van der Waals surface area contributed by atoms with E-state index in [1.807, 2.05) is 0 Å². The predicted molar refractivity (Wildman–Crippen MR) is 122 cm³/mol. The van der Waals surface area contributed by atoms with Crippen molar-refractivity contribution >= 4 is 0 Å². The van der Waals surface area contributed by atoms with E-state index in [-0.39, 0.29) is 0 Å². The first-order valence-corrected chi connectivity index (χ1v) is 12.4. The second-order valence-corrected chi connectivity index (χ2v) is 10.1. The highest BCUT2D eigenvalue weighted by atomic mass is 14.2. The number of hydrogen-bond acceptors (Lipinski definition) is 0. The van der Waals surface area contributed by atoms with Gasteiger partial charge in [-0.05, 0) is 29.6 Å². The van der Waals surface area contributed by atoms with Crippen molar-refractivity contribution in [1.29, 1.82) is 0 Å². The maximum Gasteiger partial charge on any atom is -0.0443 e.